The Morgan fingerprint density at radius 2 is 1.96 bits per heavy atom. The van der Waals surface area contributed by atoms with Crippen LogP contribution in [0, 0.1) is 0 Å². The van der Waals surface area contributed by atoms with E-state index in [9.17, 15) is 14.4 Å². The summed E-state index contributed by atoms with van der Waals surface area (Å²) in [5.41, 5.74) is 0. The number of carbonyl (C=O) groups is 3. The number of thioether (sulfide) groups is 1. The molecule has 0 unspecified atom stereocenters. The van der Waals surface area contributed by atoms with E-state index in [-0.39, 0.29) is 13.2 Å². The lowest BCUT2D eigenvalue weighted by atomic mass is 10.3. The average Bonchev–Trinajstić information content (AvgIpc) is 3.17. The molecule has 1 fully saturated rings. The zero-order valence-electron chi connectivity index (χ0n) is 14.1. The van der Waals surface area contributed by atoms with Gasteiger partial charge in [0.1, 0.15) is 6.54 Å². The number of hydrogen-bond acceptors (Lipinski definition) is 7. The zero-order valence-corrected chi connectivity index (χ0v) is 17.3. The van der Waals surface area contributed by atoms with Gasteiger partial charge in [-0.1, -0.05) is 23.4 Å². The van der Waals surface area contributed by atoms with Crippen LogP contribution in [-0.2, 0) is 14.3 Å². The van der Waals surface area contributed by atoms with Gasteiger partial charge in [-0.15, -0.1) is 11.3 Å². The van der Waals surface area contributed by atoms with Crippen LogP contribution in [0.25, 0.3) is 6.08 Å². The van der Waals surface area contributed by atoms with Gasteiger partial charge in [0.2, 0.25) is 0 Å². The number of halogens is 1. The summed E-state index contributed by atoms with van der Waals surface area (Å²) in [7, 11) is 0. The standard InChI is InChI=1S/C18H14ClNO4S3/c1-2-24-15(21)10-20-17(22)14(27-18(20)23)9-13-7-8-16(26-13)25-12-5-3-11(19)4-6-12/h3-9H,2,10H2,1H3/b14-9+. The van der Waals surface area contributed by atoms with E-state index in [2.05, 4.69) is 0 Å². The minimum absolute atomic E-state index is 0.203. The molecule has 140 valence electrons. The summed E-state index contributed by atoms with van der Waals surface area (Å²) < 4.78 is 5.85. The molecule has 3 rings (SSSR count). The molecule has 2 amide bonds. The number of thiophene rings is 1. The molecule has 1 aliphatic rings. The molecule has 0 N–H and O–H groups in total. The van der Waals surface area contributed by atoms with Crippen LogP contribution in [0.15, 0.2) is 50.4 Å². The predicted molar refractivity (Wildman–Crippen MR) is 109 cm³/mol. The van der Waals surface area contributed by atoms with Crippen LogP contribution in [0.2, 0.25) is 5.02 Å². The van der Waals surface area contributed by atoms with E-state index in [0.29, 0.717) is 9.93 Å². The van der Waals surface area contributed by atoms with Gasteiger partial charge in [0.05, 0.1) is 15.7 Å². The topological polar surface area (TPSA) is 63.7 Å². The highest BCUT2D eigenvalue weighted by Crippen LogP contribution is 2.37. The summed E-state index contributed by atoms with van der Waals surface area (Å²) >= 11 is 9.82. The Kier molecular flexibility index (Phi) is 6.64. The normalized spacial score (nSPS) is 15.6. The van der Waals surface area contributed by atoms with Crippen LogP contribution < -0.4 is 0 Å². The number of ether oxygens (including phenoxy) is 1. The van der Waals surface area contributed by atoms with Crippen molar-refractivity contribution >= 4 is 69.7 Å². The lowest BCUT2D eigenvalue weighted by Crippen LogP contribution is -2.34. The smallest absolute Gasteiger partial charge is 0.326 e. The van der Waals surface area contributed by atoms with Gasteiger partial charge in [0.15, 0.2) is 0 Å². The lowest BCUT2D eigenvalue weighted by molar-refractivity contribution is -0.145. The Labute approximate surface area is 173 Å². The van der Waals surface area contributed by atoms with Crippen molar-refractivity contribution in [3.63, 3.8) is 0 Å². The Balaban J connectivity index is 1.69. The summed E-state index contributed by atoms with van der Waals surface area (Å²) in [5.74, 6) is -1.07. The Bertz CT molecular complexity index is 908. The lowest BCUT2D eigenvalue weighted by Gasteiger charge is -2.10. The predicted octanol–water partition coefficient (Wildman–Crippen LogP) is 5.15. The largest absolute Gasteiger partial charge is 0.465 e. The maximum Gasteiger partial charge on any atom is 0.326 e. The van der Waals surface area contributed by atoms with Crippen molar-refractivity contribution in [1.82, 2.24) is 4.90 Å². The highest BCUT2D eigenvalue weighted by atomic mass is 35.5. The number of rotatable bonds is 6. The van der Waals surface area contributed by atoms with E-state index < -0.39 is 17.1 Å². The van der Waals surface area contributed by atoms with Crippen molar-refractivity contribution in [3.05, 3.63) is 51.2 Å². The van der Waals surface area contributed by atoms with E-state index in [1.54, 1.807) is 24.8 Å². The number of benzene rings is 1. The molecule has 0 aliphatic carbocycles. The molecule has 0 bridgehead atoms. The van der Waals surface area contributed by atoms with Crippen molar-refractivity contribution in [2.75, 3.05) is 13.2 Å². The fourth-order valence-electron chi connectivity index (χ4n) is 2.19. The fourth-order valence-corrected chi connectivity index (χ4v) is 5.28. The first-order valence-electron chi connectivity index (χ1n) is 7.90. The maximum absolute atomic E-state index is 12.4. The van der Waals surface area contributed by atoms with Crippen LogP contribution in [0.3, 0.4) is 0 Å². The van der Waals surface area contributed by atoms with E-state index in [4.69, 9.17) is 16.3 Å². The summed E-state index contributed by atoms with van der Waals surface area (Å²) in [6.45, 7) is 1.51. The van der Waals surface area contributed by atoms with Gasteiger partial charge in [0, 0.05) is 14.8 Å². The third kappa shape index (κ3) is 5.16. The number of nitrogens with zero attached hydrogens (tertiary/aromatic N) is 1. The van der Waals surface area contributed by atoms with Gasteiger partial charge in [0.25, 0.3) is 11.1 Å². The highest BCUT2D eigenvalue weighted by Gasteiger charge is 2.36. The quantitative estimate of drug-likeness (QED) is 0.458. The number of imide groups is 1. The number of hydrogen-bond donors (Lipinski definition) is 0. The van der Waals surface area contributed by atoms with Crippen molar-refractivity contribution in [1.29, 1.82) is 0 Å². The van der Waals surface area contributed by atoms with Gasteiger partial charge < -0.3 is 4.74 Å². The molecule has 1 aromatic heterocycles. The van der Waals surface area contributed by atoms with Gasteiger partial charge in [-0.2, -0.15) is 0 Å². The molecule has 9 heteroatoms. The van der Waals surface area contributed by atoms with Crippen LogP contribution in [-0.4, -0.2) is 35.2 Å². The van der Waals surface area contributed by atoms with Crippen molar-refractivity contribution in [2.45, 2.75) is 16.0 Å². The molecule has 0 spiro atoms. The summed E-state index contributed by atoms with van der Waals surface area (Å²) in [6.07, 6.45) is 1.67. The van der Waals surface area contributed by atoms with Gasteiger partial charge >= 0.3 is 5.97 Å². The summed E-state index contributed by atoms with van der Waals surface area (Å²) in [6, 6.07) is 11.4. The molecule has 0 radical (unpaired) electrons. The number of esters is 1. The van der Waals surface area contributed by atoms with Crippen LogP contribution in [0.4, 0.5) is 4.79 Å². The molecular weight excluding hydrogens is 426 g/mol. The van der Waals surface area contributed by atoms with E-state index in [0.717, 1.165) is 30.6 Å². The number of carbonyl (C=O) groups excluding carboxylic acids is 3. The monoisotopic (exact) mass is 439 g/mol. The minimum Gasteiger partial charge on any atom is -0.465 e. The first-order valence-corrected chi connectivity index (χ1v) is 10.7. The van der Waals surface area contributed by atoms with Gasteiger partial charge in [-0.05, 0) is 61.2 Å². The van der Waals surface area contributed by atoms with Crippen molar-refractivity contribution in [2.24, 2.45) is 0 Å². The second-order valence-corrected chi connectivity index (χ2v) is 9.20. The molecule has 2 aromatic rings. The molecule has 1 aromatic carbocycles. The van der Waals surface area contributed by atoms with E-state index in [1.165, 1.54) is 11.3 Å². The molecule has 1 saturated heterocycles. The van der Waals surface area contributed by atoms with Crippen LogP contribution in [0.5, 0.6) is 0 Å². The SMILES string of the molecule is CCOC(=O)CN1C(=O)S/C(=C/c2ccc(Sc3ccc(Cl)cc3)s2)C1=O. The fraction of sp³-hybridized carbons (Fsp3) is 0.167. The average molecular weight is 440 g/mol. The Hall–Kier alpha value is -1.74. The summed E-state index contributed by atoms with van der Waals surface area (Å²) in [5, 5.41) is 0.219. The summed E-state index contributed by atoms with van der Waals surface area (Å²) in [4.78, 5) is 39.1. The molecule has 0 saturated carbocycles. The second kappa shape index (κ2) is 8.97. The molecule has 5 nitrogen and oxygen atoms in total. The Morgan fingerprint density at radius 3 is 2.67 bits per heavy atom. The van der Waals surface area contributed by atoms with Crippen LogP contribution >= 0.6 is 46.5 Å². The molecule has 0 atom stereocenters. The Morgan fingerprint density at radius 1 is 1.22 bits per heavy atom. The molecule has 27 heavy (non-hydrogen) atoms. The first kappa shape index (κ1) is 20.0. The van der Waals surface area contributed by atoms with Gasteiger partial charge in [-0.25, -0.2) is 0 Å². The molecule has 2 heterocycles. The first-order chi connectivity index (χ1) is 13.0. The van der Waals surface area contributed by atoms with Crippen LogP contribution in [0.1, 0.15) is 11.8 Å². The zero-order chi connectivity index (χ0) is 19.4. The second-order valence-electron chi connectivity index (χ2n) is 5.29. The van der Waals surface area contributed by atoms with E-state index in [1.807, 2.05) is 36.4 Å². The molecule has 1 aliphatic heterocycles. The van der Waals surface area contributed by atoms with Crippen molar-refractivity contribution in [3.8, 4) is 0 Å². The van der Waals surface area contributed by atoms with E-state index >= 15 is 0 Å². The minimum atomic E-state index is -0.598. The number of amides is 2. The third-order valence-electron chi connectivity index (χ3n) is 3.37. The van der Waals surface area contributed by atoms with Gasteiger partial charge in [-0.3, -0.25) is 19.3 Å². The van der Waals surface area contributed by atoms with Crippen molar-refractivity contribution < 1.29 is 19.1 Å². The molecular formula is C18H14ClNO4S3. The third-order valence-corrected chi connectivity index (χ3v) is 6.71. The maximum atomic E-state index is 12.4. The highest BCUT2D eigenvalue weighted by molar-refractivity contribution is 8.18.